The van der Waals surface area contributed by atoms with E-state index in [2.05, 4.69) is 46.6 Å². The molecule has 0 saturated carbocycles. The number of hydrogen-bond donors (Lipinski definition) is 1. The second-order valence-corrected chi connectivity index (χ2v) is 7.70. The van der Waals surface area contributed by atoms with Crippen molar-refractivity contribution >= 4 is 17.3 Å². The van der Waals surface area contributed by atoms with E-state index in [0.717, 1.165) is 48.7 Å². The van der Waals surface area contributed by atoms with Crippen LogP contribution >= 0.6 is 0 Å². The quantitative estimate of drug-likeness (QED) is 0.711. The maximum atomic E-state index is 13.4. The number of carbonyl (C=O) groups excluding carboxylic acids is 1. The van der Waals surface area contributed by atoms with E-state index < -0.39 is 0 Å². The number of fused-ring (bicyclic) bond motifs is 1. The second kappa shape index (κ2) is 8.20. The number of nitrogens with one attached hydrogen (secondary N) is 1. The Hall–Kier alpha value is -3.31. The molecule has 0 aliphatic carbocycles. The smallest absolute Gasteiger partial charge is 0.258 e. The van der Waals surface area contributed by atoms with Crippen molar-refractivity contribution in [1.82, 2.24) is 4.90 Å². The SMILES string of the molecule is O=C1c2ccccc2N[C@@H](c2ccc(N3CCOCC3)cc2)N1Cc1ccccc1. The fraction of sp³-hybridized carbons (Fsp3) is 0.240. The fourth-order valence-corrected chi connectivity index (χ4v) is 4.19. The molecule has 5 nitrogen and oxygen atoms in total. The van der Waals surface area contributed by atoms with Crippen LogP contribution in [0.25, 0.3) is 0 Å². The van der Waals surface area contributed by atoms with Crippen molar-refractivity contribution in [3.05, 3.63) is 95.6 Å². The summed E-state index contributed by atoms with van der Waals surface area (Å²) in [6.07, 6.45) is -0.216. The molecular formula is C25H25N3O2. The van der Waals surface area contributed by atoms with Crippen LogP contribution in [-0.4, -0.2) is 37.1 Å². The zero-order valence-corrected chi connectivity index (χ0v) is 16.8. The van der Waals surface area contributed by atoms with E-state index in [0.29, 0.717) is 6.54 Å². The number of para-hydroxylation sites is 1. The zero-order valence-electron chi connectivity index (χ0n) is 16.8. The molecule has 3 aromatic rings. The van der Waals surface area contributed by atoms with Crippen molar-refractivity contribution in [1.29, 1.82) is 0 Å². The van der Waals surface area contributed by atoms with E-state index in [1.165, 1.54) is 5.69 Å². The van der Waals surface area contributed by atoms with Crippen molar-refractivity contribution in [2.24, 2.45) is 0 Å². The molecule has 0 unspecified atom stereocenters. The lowest BCUT2D eigenvalue weighted by Crippen LogP contribution is -2.42. The zero-order chi connectivity index (χ0) is 20.3. The van der Waals surface area contributed by atoms with Gasteiger partial charge >= 0.3 is 0 Å². The Morgan fingerprint density at radius 2 is 1.57 bits per heavy atom. The summed E-state index contributed by atoms with van der Waals surface area (Å²) < 4.78 is 5.46. The standard InChI is InChI=1S/C25H25N3O2/c29-25-22-8-4-5-9-23(22)26-24(28(25)18-19-6-2-1-3-7-19)20-10-12-21(13-11-20)27-14-16-30-17-15-27/h1-13,24,26H,14-18H2/t24-/m1/s1. The monoisotopic (exact) mass is 399 g/mol. The van der Waals surface area contributed by atoms with E-state index >= 15 is 0 Å². The van der Waals surface area contributed by atoms with Gasteiger partial charge in [0.2, 0.25) is 0 Å². The van der Waals surface area contributed by atoms with E-state index in [1.807, 2.05) is 47.4 Å². The van der Waals surface area contributed by atoms with Gasteiger partial charge in [-0.3, -0.25) is 4.79 Å². The number of ether oxygens (including phenoxy) is 1. The summed E-state index contributed by atoms with van der Waals surface area (Å²) in [4.78, 5) is 17.6. The topological polar surface area (TPSA) is 44.8 Å². The third kappa shape index (κ3) is 3.64. The Labute approximate surface area is 176 Å². The van der Waals surface area contributed by atoms with Crippen LogP contribution in [0.2, 0.25) is 0 Å². The summed E-state index contributed by atoms with van der Waals surface area (Å²) in [5, 5.41) is 3.58. The van der Waals surface area contributed by atoms with Crippen LogP contribution in [0, 0.1) is 0 Å². The number of morpholine rings is 1. The van der Waals surface area contributed by atoms with Crippen LogP contribution in [-0.2, 0) is 11.3 Å². The van der Waals surface area contributed by atoms with Gasteiger partial charge in [0.05, 0.1) is 18.8 Å². The van der Waals surface area contributed by atoms with Gasteiger partial charge in [0.15, 0.2) is 0 Å². The highest BCUT2D eigenvalue weighted by Gasteiger charge is 2.32. The van der Waals surface area contributed by atoms with Gasteiger partial charge in [0.1, 0.15) is 6.17 Å². The Kier molecular flexibility index (Phi) is 5.11. The van der Waals surface area contributed by atoms with Crippen LogP contribution in [0.5, 0.6) is 0 Å². The Balaban J connectivity index is 1.46. The lowest BCUT2D eigenvalue weighted by Gasteiger charge is -2.38. The largest absolute Gasteiger partial charge is 0.378 e. The van der Waals surface area contributed by atoms with Gasteiger partial charge in [-0.1, -0.05) is 54.6 Å². The molecule has 2 aliphatic rings. The number of benzene rings is 3. The number of hydrogen-bond acceptors (Lipinski definition) is 4. The number of anilines is 2. The average molecular weight is 399 g/mol. The van der Waals surface area contributed by atoms with Crippen molar-refractivity contribution in [2.45, 2.75) is 12.7 Å². The lowest BCUT2D eigenvalue weighted by atomic mass is 10.0. The summed E-state index contributed by atoms with van der Waals surface area (Å²) in [7, 11) is 0. The molecule has 5 heteroatoms. The summed E-state index contributed by atoms with van der Waals surface area (Å²) in [6.45, 7) is 3.90. The molecule has 1 fully saturated rings. The number of amides is 1. The van der Waals surface area contributed by atoms with Crippen LogP contribution in [0.1, 0.15) is 27.7 Å². The molecule has 0 spiro atoms. The highest BCUT2D eigenvalue weighted by atomic mass is 16.5. The van der Waals surface area contributed by atoms with E-state index in [9.17, 15) is 4.79 Å². The van der Waals surface area contributed by atoms with Gasteiger partial charge < -0.3 is 19.9 Å². The molecule has 0 aromatic heterocycles. The molecule has 1 amide bonds. The predicted octanol–water partition coefficient (Wildman–Crippen LogP) is 4.29. The first-order valence-electron chi connectivity index (χ1n) is 10.4. The van der Waals surface area contributed by atoms with Crippen LogP contribution in [0.15, 0.2) is 78.9 Å². The highest BCUT2D eigenvalue weighted by molar-refractivity contribution is 6.01. The van der Waals surface area contributed by atoms with Crippen molar-refractivity contribution in [2.75, 3.05) is 36.5 Å². The number of rotatable bonds is 4. The summed E-state index contributed by atoms with van der Waals surface area (Å²) in [5.41, 5.74) is 4.98. The van der Waals surface area contributed by atoms with Crippen LogP contribution < -0.4 is 10.2 Å². The van der Waals surface area contributed by atoms with Gasteiger partial charge in [-0.25, -0.2) is 0 Å². The van der Waals surface area contributed by atoms with E-state index in [4.69, 9.17) is 4.74 Å². The van der Waals surface area contributed by atoms with Crippen molar-refractivity contribution in [3.63, 3.8) is 0 Å². The lowest BCUT2D eigenvalue weighted by molar-refractivity contribution is 0.0666. The Bertz CT molecular complexity index is 1010. The fourth-order valence-electron chi connectivity index (χ4n) is 4.19. The summed E-state index contributed by atoms with van der Waals surface area (Å²) in [6, 6.07) is 26.4. The van der Waals surface area contributed by atoms with Gasteiger partial charge in [0, 0.05) is 31.0 Å². The predicted molar refractivity (Wildman–Crippen MR) is 119 cm³/mol. The minimum atomic E-state index is -0.216. The molecule has 1 N–H and O–H groups in total. The highest BCUT2D eigenvalue weighted by Crippen LogP contribution is 2.34. The molecular weight excluding hydrogens is 374 g/mol. The van der Waals surface area contributed by atoms with Gasteiger partial charge in [-0.05, 0) is 35.4 Å². The number of nitrogens with zero attached hydrogens (tertiary/aromatic N) is 2. The molecule has 2 aliphatic heterocycles. The molecule has 5 rings (SSSR count). The normalized spacial score (nSPS) is 18.7. The molecule has 1 saturated heterocycles. The van der Waals surface area contributed by atoms with Crippen molar-refractivity contribution < 1.29 is 9.53 Å². The second-order valence-electron chi connectivity index (χ2n) is 7.70. The van der Waals surface area contributed by atoms with Crippen molar-refractivity contribution in [3.8, 4) is 0 Å². The molecule has 152 valence electrons. The minimum Gasteiger partial charge on any atom is -0.378 e. The molecule has 0 radical (unpaired) electrons. The van der Waals surface area contributed by atoms with Crippen LogP contribution in [0.3, 0.4) is 0 Å². The first kappa shape index (κ1) is 18.7. The first-order chi connectivity index (χ1) is 14.8. The van der Waals surface area contributed by atoms with Gasteiger partial charge in [-0.15, -0.1) is 0 Å². The maximum absolute atomic E-state index is 13.4. The molecule has 1 atom stereocenters. The molecule has 2 heterocycles. The molecule has 0 bridgehead atoms. The van der Waals surface area contributed by atoms with E-state index in [-0.39, 0.29) is 12.1 Å². The third-order valence-corrected chi connectivity index (χ3v) is 5.80. The van der Waals surface area contributed by atoms with Crippen LogP contribution in [0.4, 0.5) is 11.4 Å². The average Bonchev–Trinajstić information content (AvgIpc) is 2.82. The summed E-state index contributed by atoms with van der Waals surface area (Å²) >= 11 is 0. The summed E-state index contributed by atoms with van der Waals surface area (Å²) in [5.74, 6) is 0.0514. The Morgan fingerprint density at radius 1 is 0.867 bits per heavy atom. The third-order valence-electron chi connectivity index (χ3n) is 5.80. The van der Waals surface area contributed by atoms with Gasteiger partial charge in [-0.2, -0.15) is 0 Å². The molecule has 3 aromatic carbocycles. The maximum Gasteiger partial charge on any atom is 0.258 e. The molecule has 30 heavy (non-hydrogen) atoms. The van der Waals surface area contributed by atoms with Gasteiger partial charge in [0.25, 0.3) is 5.91 Å². The minimum absolute atomic E-state index is 0.0514. The van der Waals surface area contributed by atoms with E-state index in [1.54, 1.807) is 0 Å². The Morgan fingerprint density at radius 3 is 2.33 bits per heavy atom. The number of carbonyl (C=O) groups is 1. The first-order valence-corrected chi connectivity index (χ1v) is 10.4.